The summed E-state index contributed by atoms with van der Waals surface area (Å²) in [6.45, 7) is 5.87. The molecule has 1 saturated heterocycles. The molecule has 2 aromatic carbocycles. The van der Waals surface area contributed by atoms with Crippen molar-refractivity contribution in [3.8, 4) is 0 Å². The van der Waals surface area contributed by atoms with Gasteiger partial charge in [0.1, 0.15) is 4.90 Å². The maximum absolute atomic E-state index is 13.2. The zero-order valence-corrected chi connectivity index (χ0v) is 18.6. The lowest BCUT2D eigenvalue weighted by Gasteiger charge is -2.34. The van der Waals surface area contributed by atoms with Crippen molar-refractivity contribution in [3.63, 3.8) is 0 Å². The second-order valence-electron chi connectivity index (χ2n) is 7.09. The fourth-order valence-corrected chi connectivity index (χ4v) is 5.51. The number of hydrogen-bond acceptors (Lipinski definition) is 4. The summed E-state index contributed by atoms with van der Waals surface area (Å²) in [4.78, 5) is 12.6. The van der Waals surface area contributed by atoms with Crippen LogP contribution in [-0.4, -0.2) is 43.9 Å². The Morgan fingerprint density at radius 1 is 1.10 bits per heavy atom. The number of morpholine rings is 1. The van der Waals surface area contributed by atoms with E-state index in [0.29, 0.717) is 10.7 Å². The van der Waals surface area contributed by atoms with Crippen LogP contribution in [0.1, 0.15) is 29.8 Å². The Morgan fingerprint density at radius 3 is 2.41 bits per heavy atom. The van der Waals surface area contributed by atoms with E-state index >= 15 is 0 Å². The number of carbonyl (C=O) groups is 1. The van der Waals surface area contributed by atoms with Crippen molar-refractivity contribution >= 4 is 44.8 Å². The zero-order valence-electron chi connectivity index (χ0n) is 16.3. The SMILES string of the molecule is Cc1c(Cl)cccc1NC(=O)c1ccc(Cl)c(S(=O)(=O)N2CC(C)OC(C)C2)c1. The maximum Gasteiger partial charge on any atom is 0.255 e. The van der Waals surface area contributed by atoms with Gasteiger partial charge in [0.25, 0.3) is 5.91 Å². The van der Waals surface area contributed by atoms with Crippen molar-refractivity contribution in [1.82, 2.24) is 4.31 Å². The van der Waals surface area contributed by atoms with Gasteiger partial charge < -0.3 is 10.1 Å². The highest BCUT2D eigenvalue weighted by Crippen LogP contribution is 2.29. The summed E-state index contributed by atoms with van der Waals surface area (Å²) in [6.07, 6.45) is -0.464. The monoisotopic (exact) mass is 456 g/mol. The number of hydrogen-bond donors (Lipinski definition) is 1. The summed E-state index contributed by atoms with van der Waals surface area (Å²) in [7, 11) is -3.88. The third kappa shape index (κ3) is 4.75. The maximum atomic E-state index is 13.2. The van der Waals surface area contributed by atoms with E-state index in [4.69, 9.17) is 27.9 Å². The highest BCUT2D eigenvalue weighted by atomic mass is 35.5. The molecule has 9 heteroatoms. The molecule has 1 amide bonds. The molecule has 0 radical (unpaired) electrons. The number of rotatable bonds is 4. The molecule has 2 aromatic rings. The fraction of sp³-hybridized carbons (Fsp3) is 0.350. The van der Waals surface area contributed by atoms with Gasteiger partial charge in [-0.2, -0.15) is 4.31 Å². The summed E-state index contributed by atoms with van der Waals surface area (Å²) in [6, 6.07) is 9.39. The topological polar surface area (TPSA) is 75.7 Å². The van der Waals surface area contributed by atoms with Crippen LogP contribution in [0.15, 0.2) is 41.3 Å². The third-order valence-electron chi connectivity index (χ3n) is 4.71. The van der Waals surface area contributed by atoms with Crippen LogP contribution in [0.2, 0.25) is 10.0 Å². The molecule has 1 heterocycles. The van der Waals surface area contributed by atoms with E-state index in [-0.39, 0.29) is 40.8 Å². The van der Waals surface area contributed by atoms with Crippen molar-refractivity contribution in [2.45, 2.75) is 37.9 Å². The van der Waals surface area contributed by atoms with E-state index in [0.717, 1.165) is 5.56 Å². The number of benzene rings is 2. The first-order chi connectivity index (χ1) is 13.6. The van der Waals surface area contributed by atoms with Crippen LogP contribution in [0.4, 0.5) is 5.69 Å². The molecule has 2 unspecified atom stereocenters. The second kappa shape index (κ2) is 8.62. The molecule has 3 rings (SSSR count). The number of amides is 1. The van der Waals surface area contributed by atoms with Gasteiger partial charge >= 0.3 is 0 Å². The summed E-state index contributed by atoms with van der Waals surface area (Å²) >= 11 is 12.3. The van der Waals surface area contributed by atoms with Crippen molar-refractivity contribution < 1.29 is 17.9 Å². The Balaban J connectivity index is 1.91. The molecule has 1 aliphatic heterocycles. The Morgan fingerprint density at radius 2 is 1.76 bits per heavy atom. The van der Waals surface area contributed by atoms with Crippen LogP contribution in [0, 0.1) is 6.92 Å². The van der Waals surface area contributed by atoms with E-state index in [1.165, 1.54) is 22.5 Å². The summed E-state index contributed by atoms with van der Waals surface area (Å²) in [5, 5.41) is 3.35. The van der Waals surface area contributed by atoms with Gasteiger partial charge in [0, 0.05) is 29.4 Å². The van der Waals surface area contributed by atoms with Gasteiger partial charge in [-0.3, -0.25) is 4.79 Å². The highest BCUT2D eigenvalue weighted by Gasteiger charge is 2.33. The first-order valence-electron chi connectivity index (χ1n) is 9.11. The Labute approximate surface area is 180 Å². The van der Waals surface area contributed by atoms with E-state index in [1.807, 2.05) is 13.8 Å². The molecule has 156 valence electrons. The van der Waals surface area contributed by atoms with E-state index in [2.05, 4.69) is 5.32 Å². The molecule has 0 aliphatic carbocycles. The minimum atomic E-state index is -3.88. The van der Waals surface area contributed by atoms with Gasteiger partial charge in [0.15, 0.2) is 0 Å². The highest BCUT2D eigenvalue weighted by molar-refractivity contribution is 7.89. The summed E-state index contributed by atoms with van der Waals surface area (Å²) in [5.74, 6) is -0.452. The number of sulfonamides is 1. The van der Waals surface area contributed by atoms with E-state index in [9.17, 15) is 13.2 Å². The van der Waals surface area contributed by atoms with Crippen LogP contribution in [0.3, 0.4) is 0 Å². The van der Waals surface area contributed by atoms with Crippen LogP contribution in [0.5, 0.6) is 0 Å². The van der Waals surface area contributed by atoms with E-state index < -0.39 is 15.9 Å². The van der Waals surface area contributed by atoms with Gasteiger partial charge in [0.05, 0.1) is 17.2 Å². The lowest BCUT2D eigenvalue weighted by atomic mass is 10.1. The summed E-state index contributed by atoms with van der Waals surface area (Å²) < 4.78 is 33.3. The molecule has 0 saturated carbocycles. The fourth-order valence-electron chi connectivity index (χ4n) is 3.25. The molecular formula is C20H22Cl2N2O4S. The standard InChI is InChI=1S/C20H22Cl2N2O4S/c1-12-10-24(11-13(2)28-12)29(26,27)19-9-15(7-8-17(19)22)20(25)23-18-6-4-5-16(21)14(18)3/h4-9,12-13H,10-11H2,1-3H3,(H,23,25). The Bertz CT molecular complexity index is 1030. The largest absolute Gasteiger partial charge is 0.373 e. The van der Waals surface area contributed by atoms with Crippen molar-refractivity contribution in [2.24, 2.45) is 0 Å². The smallest absolute Gasteiger partial charge is 0.255 e. The van der Waals surface area contributed by atoms with Gasteiger partial charge in [-0.25, -0.2) is 8.42 Å². The predicted molar refractivity (Wildman–Crippen MR) is 114 cm³/mol. The molecule has 0 bridgehead atoms. The van der Waals surface area contributed by atoms with E-state index in [1.54, 1.807) is 25.1 Å². The molecule has 2 atom stereocenters. The van der Waals surface area contributed by atoms with Crippen molar-refractivity contribution in [3.05, 3.63) is 57.6 Å². The minimum Gasteiger partial charge on any atom is -0.373 e. The first-order valence-corrected chi connectivity index (χ1v) is 11.3. The summed E-state index contributed by atoms with van der Waals surface area (Å²) in [5.41, 5.74) is 1.46. The molecule has 6 nitrogen and oxygen atoms in total. The Hall–Kier alpha value is -1.64. The molecule has 29 heavy (non-hydrogen) atoms. The lowest BCUT2D eigenvalue weighted by molar-refractivity contribution is -0.0440. The number of nitrogens with one attached hydrogen (secondary N) is 1. The normalized spacial score (nSPS) is 20.4. The third-order valence-corrected chi connectivity index (χ3v) is 7.44. The molecule has 0 aromatic heterocycles. The molecule has 1 N–H and O–H groups in total. The predicted octanol–water partition coefficient (Wildman–Crippen LogP) is 4.35. The number of nitrogens with zero attached hydrogens (tertiary/aromatic N) is 1. The average molecular weight is 457 g/mol. The van der Waals surface area contributed by atoms with Crippen molar-refractivity contribution in [2.75, 3.05) is 18.4 Å². The molecular weight excluding hydrogens is 435 g/mol. The molecule has 1 fully saturated rings. The van der Waals surface area contributed by atoms with Crippen LogP contribution in [0.25, 0.3) is 0 Å². The number of ether oxygens (including phenoxy) is 1. The molecule has 0 spiro atoms. The van der Waals surface area contributed by atoms with Crippen LogP contribution < -0.4 is 5.32 Å². The zero-order chi connectivity index (χ0) is 21.3. The van der Waals surface area contributed by atoms with Crippen LogP contribution >= 0.6 is 23.2 Å². The van der Waals surface area contributed by atoms with Gasteiger partial charge in [-0.15, -0.1) is 0 Å². The van der Waals surface area contributed by atoms with Crippen LogP contribution in [-0.2, 0) is 14.8 Å². The molecule has 1 aliphatic rings. The van der Waals surface area contributed by atoms with Gasteiger partial charge in [0.2, 0.25) is 10.0 Å². The van der Waals surface area contributed by atoms with Crippen molar-refractivity contribution in [1.29, 1.82) is 0 Å². The number of halogens is 2. The second-order valence-corrected chi connectivity index (χ2v) is 9.81. The quantitative estimate of drug-likeness (QED) is 0.741. The number of carbonyl (C=O) groups excluding carboxylic acids is 1. The first kappa shape index (κ1) is 22.1. The lowest BCUT2D eigenvalue weighted by Crippen LogP contribution is -2.48. The Kier molecular flexibility index (Phi) is 6.55. The minimum absolute atomic E-state index is 0.0623. The average Bonchev–Trinajstić information content (AvgIpc) is 2.64. The number of anilines is 1. The van der Waals surface area contributed by atoms with Gasteiger partial charge in [-0.05, 0) is 56.7 Å². The van der Waals surface area contributed by atoms with Gasteiger partial charge in [-0.1, -0.05) is 29.3 Å².